The molecule has 0 saturated carbocycles. The first-order valence-electron chi connectivity index (χ1n) is 6.73. The summed E-state index contributed by atoms with van der Waals surface area (Å²) in [7, 11) is 4.79. The largest absolute Gasteiger partial charge is 0.496 e. The average Bonchev–Trinajstić information content (AvgIpc) is 3.01. The summed E-state index contributed by atoms with van der Waals surface area (Å²) in [5, 5.41) is 4.25. The van der Waals surface area contributed by atoms with Crippen molar-refractivity contribution in [3.63, 3.8) is 0 Å². The molecule has 0 aliphatic rings. The summed E-state index contributed by atoms with van der Waals surface area (Å²) in [6.07, 6.45) is 1.74. The normalized spacial score (nSPS) is 12.0. The van der Waals surface area contributed by atoms with Crippen LogP contribution in [0.5, 0.6) is 17.2 Å². The number of nitrogens with zero attached hydrogens (tertiary/aromatic N) is 2. The number of methoxy groups -OCH3 is 3. The van der Waals surface area contributed by atoms with Crippen molar-refractivity contribution in [3.05, 3.63) is 35.7 Å². The van der Waals surface area contributed by atoms with E-state index in [9.17, 15) is 0 Å². The molecule has 6 nitrogen and oxygen atoms in total. The zero-order valence-electron chi connectivity index (χ0n) is 12.8. The van der Waals surface area contributed by atoms with Gasteiger partial charge in [0, 0.05) is 24.4 Å². The second kappa shape index (κ2) is 6.49. The lowest BCUT2D eigenvalue weighted by molar-refractivity contribution is 0.347. The highest BCUT2D eigenvalue weighted by Gasteiger charge is 2.20. The number of nitrogens with two attached hydrogens (primary N) is 1. The molecule has 0 spiro atoms. The van der Waals surface area contributed by atoms with E-state index in [1.54, 1.807) is 33.6 Å². The first-order chi connectivity index (χ1) is 10.2. The third-order valence-electron chi connectivity index (χ3n) is 3.44. The van der Waals surface area contributed by atoms with Gasteiger partial charge in [-0.1, -0.05) is 0 Å². The Hall–Kier alpha value is -2.21. The molecule has 1 aromatic heterocycles. The Labute approximate surface area is 124 Å². The Bertz CT molecular complexity index is 610. The zero-order chi connectivity index (χ0) is 15.4. The molecular formula is C15H21N3O3. The number of aromatic nitrogens is 2. The summed E-state index contributed by atoms with van der Waals surface area (Å²) in [5.74, 6) is 1.88. The first-order valence-corrected chi connectivity index (χ1v) is 6.73. The van der Waals surface area contributed by atoms with E-state index in [4.69, 9.17) is 19.9 Å². The number of ether oxygens (including phenoxy) is 3. The summed E-state index contributed by atoms with van der Waals surface area (Å²) in [5.41, 5.74) is 8.14. The number of hydrogen-bond acceptors (Lipinski definition) is 5. The lowest BCUT2D eigenvalue weighted by atomic mass is 10.0. The van der Waals surface area contributed by atoms with Crippen LogP contribution < -0.4 is 19.9 Å². The molecule has 1 unspecified atom stereocenters. The summed E-state index contributed by atoms with van der Waals surface area (Å²) in [6.45, 7) is 2.78. The van der Waals surface area contributed by atoms with Gasteiger partial charge in [-0.25, -0.2) is 0 Å². The fourth-order valence-electron chi connectivity index (χ4n) is 2.33. The predicted octanol–water partition coefficient (Wildman–Crippen LogP) is 1.98. The first kappa shape index (κ1) is 15.2. The molecule has 0 aliphatic heterocycles. The molecular weight excluding hydrogens is 270 g/mol. The van der Waals surface area contributed by atoms with E-state index in [-0.39, 0.29) is 6.04 Å². The number of hydrogen-bond donors (Lipinski definition) is 1. The van der Waals surface area contributed by atoms with Gasteiger partial charge in [-0.2, -0.15) is 5.10 Å². The topological polar surface area (TPSA) is 71.5 Å². The van der Waals surface area contributed by atoms with Gasteiger partial charge in [-0.05, 0) is 19.1 Å². The van der Waals surface area contributed by atoms with Gasteiger partial charge in [0.15, 0.2) is 11.5 Å². The van der Waals surface area contributed by atoms with E-state index in [0.717, 1.165) is 17.8 Å². The van der Waals surface area contributed by atoms with Crippen LogP contribution in [0, 0.1) is 0 Å². The maximum Gasteiger partial charge on any atom is 0.164 e. The van der Waals surface area contributed by atoms with Gasteiger partial charge in [0.25, 0.3) is 0 Å². The molecule has 114 valence electrons. The van der Waals surface area contributed by atoms with Gasteiger partial charge < -0.3 is 19.9 Å². The molecule has 21 heavy (non-hydrogen) atoms. The average molecular weight is 291 g/mol. The molecule has 0 saturated heterocycles. The molecule has 0 bridgehead atoms. The Morgan fingerprint density at radius 2 is 1.71 bits per heavy atom. The third-order valence-corrected chi connectivity index (χ3v) is 3.44. The van der Waals surface area contributed by atoms with Crippen LogP contribution in [0.2, 0.25) is 0 Å². The summed E-state index contributed by atoms with van der Waals surface area (Å²) in [6, 6.07) is 5.17. The number of aryl methyl sites for hydroxylation is 1. The van der Waals surface area contributed by atoms with Gasteiger partial charge in [-0.3, -0.25) is 4.68 Å². The van der Waals surface area contributed by atoms with Crippen molar-refractivity contribution in [2.75, 3.05) is 21.3 Å². The maximum atomic E-state index is 6.39. The van der Waals surface area contributed by atoms with Crippen molar-refractivity contribution in [2.45, 2.75) is 19.5 Å². The summed E-state index contributed by atoms with van der Waals surface area (Å²) < 4.78 is 17.9. The number of benzene rings is 1. The van der Waals surface area contributed by atoms with Crippen molar-refractivity contribution < 1.29 is 14.2 Å². The Morgan fingerprint density at radius 3 is 2.29 bits per heavy atom. The van der Waals surface area contributed by atoms with Crippen molar-refractivity contribution in [2.24, 2.45) is 5.73 Å². The van der Waals surface area contributed by atoms with Crippen LogP contribution >= 0.6 is 0 Å². The second-order valence-corrected chi connectivity index (χ2v) is 4.50. The summed E-state index contributed by atoms with van der Waals surface area (Å²) in [4.78, 5) is 0. The molecule has 1 heterocycles. The van der Waals surface area contributed by atoms with Gasteiger partial charge in [-0.15, -0.1) is 0 Å². The van der Waals surface area contributed by atoms with E-state index in [1.807, 2.05) is 23.7 Å². The summed E-state index contributed by atoms with van der Waals surface area (Å²) >= 11 is 0. The molecule has 6 heteroatoms. The van der Waals surface area contributed by atoms with Gasteiger partial charge in [0.2, 0.25) is 0 Å². The van der Waals surface area contributed by atoms with Crippen LogP contribution in [0.1, 0.15) is 24.2 Å². The third kappa shape index (κ3) is 2.80. The van der Waals surface area contributed by atoms with E-state index < -0.39 is 0 Å². The number of rotatable bonds is 6. The highest BCUT2D eigenvalue weighted by atomic mass is 16.5. The fourth-order valence-corrected chi connectivity index (χ4v) is 2.33. The quantitative estimate of drug-likeness (QED) is 0.881. The molecule has 2 N–H and O–H groups in total. The molecule has 0 radical (unpaired) electrons. The Morgan fingerprint density at radius 1 is 1.10 bits per heavy atom. The molecule has 1 atom stereocenters. The van der Waals surface area contributed by atoms with Crippen LogP contribution in [-0.2, 0) is 6.54 Å². The van der Waals surface area contributed by atoms with Crippen molar-refractivity contribution in [1.29, 1.82) is 0 Å². The molecule has 0 amide bonds. The van der Waals surface area contributed by atoms with E-state index in [2.05, 4.69) is 5.10 Å². The van der Waals surface area contributed by atoms with Gasteiger partial charge in [0.05, 0.1) is 33.1 Å². The highest BCUT2D eigenvalue weighted by molar-refractivity contribution is 5.53. The monoisotopic (exact) mass is 291 g/mol. The molecule has 0 fully saturated rings. The lowest BCUT2D eigenvalue weighted by Gasteiger charge is -2.19. The Kier molecular flexibility index (Phi) is 4.70. The second-order valence-electron chi connectivity index (χ2n) is 4.50. The van der Waals surface area contributed by atoms with Crippen LogP contribution in [0.25, 0.3) is 0 Å². The fraction of sp³-hybridized carbons (Fsp3) is 0.400. The van der Waals surface area contributed by atoms with Gasteiger partial charge in [0.1, 0.15) is 5.75 Å². The predicted molar refractivity (Wildman–Crippen MR) is 80.0 cm³/mol. The molecule has 2 aromatic rings. The van der Waals surface area contributed by atoms with Gasteiger partial charge >= 0.3 is 0 Å². The minimum atomic E-state index is -0.359. The van der Waals surface area contributed by atoms with E-state index in [0.29, 0.717) is 17.2 Å². The SMILES string of the molecule is CCn1nccc1C(N)c1cc(OC)c(OC)cc1OC. The van der Waals surface area contributed by atoms with Crippen molar-refractivity contribution >= 4 is 0 Å². The van der Waals surface area contributed by atoms with Crippen LogP contribution in [0.15, 0.2) is 24.4 Å². The van der Waals surface area contributed by atoms with Crippen LogP contribution in [-0.4, -0.2) is 31.1 Å². The zero-order valence-corrected chi connectivity index (χ0v) is 12.8. The minimum Gasteiger partial charge on any atom is -0.496 e. The Balaban J connectivity index is 2.51. The van der Waals surface area contributed by atoms with Crippen molar-refractivity contribution in [1.82, 2.24) is 9.78 Å². The molecule has 2 rings (SSSR count). The van der Waals surface area contributed by atoms with Crippen LogP contribution in [0.4, 0.5) is 0 Å². The minimum absolute atomic E-state index is 0.359. The van der Waals surface area contributed by atoms with Crippen LogP contribution in [0.3, 0.4) is 0 Å². The maximum absolute atomic E-state index is 6.39. The highest BCUT2D eigenvalue weighted by Crippen LogP contribution is 2.38. The molecule has 0 aliphatic carbocycles. The standard InChI is InChI=1S/C15H21N3O3/c1-5-18-11(6-7-17-18)15(16)10-8-13(20-3)14(21-4)9-12(10)19-2/h6-9,15H,5,16H2,1-4H3. The van der Waals surface area contributed by atoms with Crippen molar-refractivity contribution in [3.8, 4) is 17.2 Å². The lowest BCUT2D eigenvalue weighted by Crippen LogP contribution is -2.18. The van der Waals surface area contributed by atoms with E-state index in [1.165, 1.54) is 0 Å². The smallest absolute Gasteiger partial charge is 0.164 e. The molecule has 1 aromatic carbocycles. The van der Waals surface area contributed by atoms with E-state index >= 15 is 0 Å².